The lowest BCUT2D eigenvalue weighted by Crippen LogP contribution is -2.37. The molecule has 1 atom stereocenters. The van der Waals surface area contributed by atoms with E-state index in [0.717, 1.165) is 0 Å². The molecule has 4 N–H and O–H groups in total. The molecular weight excluding hydrogens is 202 g/mol. The minimum Gasteiger partial charge on any atom is -0.409 e. The van der Waals surface area contributed by atoms with Gasteiger partial charge in [-0.25, -0.2) is 0 Å². The van der Waals surface area contributed by atoms with Crippen LogP contribution >= 0.6 is 0 Å². The first kappa shape index (κ1) is 13.7. The van der Waals surface area contributed by atoms with E-state index >= 15 is 0 Å². The van der Waals surface area contributed by atoms with E-state index < -0.39 is 0 Å². The van der Waals surface area contributed by atoms with Crippen molar-refractivity contribution in [2.75, 3.05) is 27.4 Å². The van der Waals surface area contributed by atoms with Gasteiger partial charge in [0.15, 0.2) is 0 Å². The number of amidine groups is 1. The van der Waals surface area contributed by atoms with E-state index in [0.29, 0.717) is 13.2 Å². The number of carbonyl (C=O) groups excluding carboxylic acids is 1. The number of ether oxygens (including phenoxy) is 2. The van der Waals surface area contributed by atoms with Crippen molar-refractivity contribution < 1.29 is 19.5 Å². The molecule has 0 aromatic carbocycles. The standard InChI is InChI=1S/C8H17N3O4/c1-14-5-6(15-2)4-10-8(12)3-7(9)11-13/h6,13H,3-5H2,1-2H3,(H2,9,11)(H,10,12). The van der Waals surface area contributed by atoms with Gasteiger partial charge in [0.1, 0.15) is 5.84 Å². The molecule has 88 valence electrons. The number of nitrogens with zero attached hydrogens (tertiary/aromatic N) is 1. The fourth-order valence-electron chi connectivity index (χ4n) is 0.886. The van der Waals surface area contributed by atoms with E-state index in [1.54, 1.807) is 7.11 Å². The molecule has 0 aromatic heterocycles. The van der Waals surface area contributed by atoms with Crippen molar-refractivity contribution in [1.82, 2.24) is 5.32 Å². The van der Waals surface area contributed by atoms with Gasteiger partial charge in [-0.05, 0) is 0 Å². The summed E-state index contributed by atoms with van der Waals surface area (Å²) in [5.74, 6) is -0.461. The van der Waals surface area contributed by atoms with Gasteiger partial charge in [0.2, 0.25) is 5.91 Å². The van der Waals surface area contributed by atoms with Gasteiger partial charge in [0.25, 0.3) is 0 Å². The Kier molecular flexibility index (Phi) is 7.29. The van der Waals surface area contributed by atoms with Crippen molar-refractivity contribution in [2.24, 2.45) is 10.9 Å². The van der Waals surface area contributed by atoms with Crippen molar-refractivity contribution in [3.05, 3.63) is 0 Å². The summed E-state index contributed by atoms with van der Waals surface area (Å²) in [4.78, 5) is 11.2. The van der Waals surface area contributed by atoms with E-state index in [9.17, 15) is 4.79 Å². The number of oxime groups is 1. The topological polar surface area (TPSA) is 106 Å². The first-order valence-corrected chi connectivity index (χ1v) is 4.38. The third kappa shape index (κ3) is 6.69. The molecular formula is C8H17N3O4. The fraction of sp³-hybridized carbons (Fsp3) is 0.750. The van der Waals surface area contributed by atoms with Crippen LogP contribution < -0.4 is 11.1 Å². The second kappa shape index (κ2) is 8.01. The molecule has 0 saturated heterocycles. The van der Waals surface area contributed by atoms with Crippen LogP contribution in [0.15, 0.2) is 5.16 Å². The number of methoxy groups -OCH3 is 2. The summed E-state index contributed by atoms with van der Waals surface area (Å²) in [7, 11) is 3.07. The molecule has 0 fully saturated rings. The highest BCUT2D eigenvalue weighted by atomic mass is 16.5. The van der Waals surface area contributed by atoms with Crippen LogP contribution in [0.3, 0.4) is 0 Å². The van der Waals surface area contributed by atoms with Crippen LogP contribution in [0, 0.1) is 0 Å². The summed E-state index contributed by atoms with van der Waals surface area (Å²) in [5, 5.41) is 13.5. The molecule has 0 spiro atoms. The molecule has 0 saturated carbocycles. The van der Waals surface area contributed by atoms with E-state index in [4.69, 9.17) is 20.4 Å². The van der Waals surface area contributed by atoms with Crippen LogP contribution in [0.2, 0.25) is 0 Å². The number of amides is 1. The maximum Gasteiger partial charge on any atom is 0.227 e. The molecule has 0 aromatic rings. The average molecular weight is 219 g/mol. The molecule has 7 heteroatoms. The quantitative estimate of drug-likeness (QED) is 0.218. The summed E-state index contributed by atoms with van der Waals surface area (Å²) >= 11 is 0. The largest absolute Gasteiger partial charge is 0.409 e. The Morgan fingerprint density at radius 3 is 2.73 bits per heavy atom. The first-order valence-electron chi connectivity index (χ1n) is 4.38. The molecule has 0 aliphatic rings. The third-order valence-corrected chi connectivity index (χ3v) is 1.68. The summed E-state index contributed by atoms with van der Waals surface area (Å²) < 4.78 is 9.89. The minimum atomic E-state index is -0.330. The first-order chi connectivity index (χ1) is 7.13. The molecule has 0 radical (unpaired) electrons. The fourth-order valence-corrected chi connectivity index (χ4v) is 0.886. The number of carbonyl (C=O) groups is 1. The Bertz CT molecular complexity index is 220. The highest BCUT2D eigenvalue weighted by Crippen LogP contribution is 1.89. The SMILES string of the molecule is COCC(CNC(=O)CC(N)=NO)OC. The van der Waals surface area contributed by atoms with Crippen molar-refractivity contribution >= 4 is 11.7 Å². The van der Waals surface area contributed by atoms with Gasteiger partial charge in [0, 0.05) is 20.8 Å². The molecule has 7 nitrogen and oxygen atoms in total. The number of nitrogens with one attached hydrogen (secondary N) is 1. The Morgan fingerprint density at radius 1 is 1.60 bits per heavy atom. The van der Waals surface area contributed by atoms with Crippen LogP contribution in [0.4, 0.5) is 0 Å². The van der Waals surface area contributed by atoms with Crippen LogP contribution in [-0.2, 0) is 14.3 Å². The zero-order chi connectivity index (χ0) is 11.7. The lowest BCUT2D eigenvalue weighted by Gasteiger charge is -2.14. The van der Waals surface area contributed by atoms with Crippen molar-refractivity contribution in [1.29, 1.82) is 0 Å². The molecule has 1 unspecified atom stereocenters. The highest BCUT2D eigenvalue weighted by Gasteiger charge is 2.10. The lowest BCUT2D eigenvalue weighted by molar-refractivity contribution is -0.120. The molecule has 0 heterocycles. The number of nitrogens with two attached hydrogens (primary N) is 1. The van der Waals surface area contributed by atoms with Gasteiger partial charge in [-0.3, -0.25) is 4.79 Å². The number of rotatable bonds is 7. The van der Waals surface area contributed by atoms with E-state index in [-0.39, 0.29) is 24.3 Å². The van der Waals surface area contributed by atoms with Gasteiger partial charge in [-0.15, -0.1) is 0 Å². The van der Waals surface area contributed by atoms with Crippen LogP contribution in [0.25, 0.3) is 0 Å². The summed E-state index contributed by atoms with van der Waals surface area (Å²) in [6, 6.07) is 0. The van der Waals surface area contributed by atoms with Crippen molar-refractivity contribution in [3.63, 3.8) is 0 Å². The maximum absolute atomic E-state index is 11.2. The maximum atomic E-state index is 11.2. The zero-order valence-electron chi connectivity index (χ0n) is 8.90. The minimum absolute atomic E-state index is 0.131. The van der Waals surface area contributed by atoms with Crippen LogP contribution in [0.5, 0.6) is 0 Å². The number of hydrogen-bond acceptors (Lipinski definition) is 5. The lowest BCUT2D eigenvalue weighted by atomic mass is 10.3. The smallest absolute Gasteiger partial charge is 0.227 e. The third-order valence-electron chi connectivity index (χ3n) is 1.68. The average Bonchev–Trinajstić information content (AvgIpc) is 2.23. The monoisotopic (exact) mass is 219 g/mol. The molecule has 0 bridgehead atoms. The second-order valence-electron chi connectivity index (χ2n) is 2.89. The summed E-state index contributed by atoms with van der Waals surface area (Å²) in [5.41, 5.74) is 5.15. The summed E-state index contributed by atoms with van der Waals surface area (Å²) in [6.07, 6.45) is -0.342. The predicted molar refractivity (Wildman–Crippen MR) is 53.7 cm³/mol. The van der Waals surface area contributed by atoms with Crippen molar-refractivity contribution in [3.8, 4) is 0 Å². The highest BCUT2D eigenvalue weighted by molar-refractivity contribution is 5.98. The number of hydrogen-bond donors (Lipinski definition) is 3. The van der Waals surface area contributed by atoms with Gasteiger partial charge in [-0.1, -0.05) is 5.16 Å². The zero-order valence-corrected chi connectivity index (χ0v) is 8.90. The predicted octanol–water partition coefficient (Wildman–Crippen LogP) is -1.10. The van der Waals surface area contributed by atoms with Gasteiger partial charge >= 0.3 is 0 Å². The van der Waals surface area contributed by atoms with Gasteiger partial charge < -0.3 is 25.7 Å². The Balaban J connectivity index is 3.78. The normalized spacial score (nSPS) is 13.6. The van der Waals surface area contributed by atoms with Crippen LogP contribution in [-0.4, -0.2) is 50.4 Å². The molecule has 0 aliphatic heterocycles. The molecule has 0 aliphatic carbocycles. The Labute approximate surface area is 88.2 Å². The Morgan fingerprint density at radius 2 is 2.27 bits per heavy atom. The van der Waals surface area contributed by atoms with Gasteiger partial charge in [-0.2, -0.15) is 0 Å². The van der Waals surface area contributed by atoms with E-state index in [1.807, 2.05) is 0 Å². The molecule has 0 rings (SSSR count). The van der Waals surface area contributed by atoms with Gasteiger partial charge in [0.05, 0.1) is 19.1 Å². The second-order valence-corrected chi connectivity index (χ2v) is 2.89. The van der Waals surface area contributed by atoms with Crippen LogP contribution in [0.1, 0.15) is 6.42 Å². The molecule has 1 amide bonds. The van der Waals surface area contributed by atoms with Crippen molar-refractivity contribution in [2.45, 2.75) is 12.5 Å². The van der Waals surface area contributed by atoms with E-state index in [2.05, 4.69) is 10.5 Å². The van der Waals surface area contributed by atoms with E-state index in [1.165, 1.54) is 7.11 Å². The summed E-state index contributed by atoms with van der Waals surface area (Å²) in [6.45, 7) is 0.711. The molecule has 15 heavy (non-hydrogen) atoms. The Hall–Kier alpha value is -1.34.